The Morgan fingerprint density at radius 2 is 1.89 bits per heavy atom. The van der Waals surface area contributed by atoms with Gasteiger partial charge in [-0.25, -0.2) is 9.78 Å². The zero-order valence-corrected chi connectivity index (χ0v) is 15.5. The Morgan fingerprint density at radius 3 is 2.64 bits per heavy atom. The molecule has 140 valence electrons. The van der Waals surface area contributed by atoms with Gasteiger partial charge in [0, 0.05) is 29.1 Å². The number of nitrogens with zero attached hydrogens (tertiary/aromatic N) is 1. The van der Waals surface area contributed by atoms with E-state index in [9.17, 15) is 9.90 Å². The second-order valence-electron chi connectivity index (χ2n) is 6.48. The number of carbonyl (C=O) groups is 1. The Labute approximate surface area is 162 Å². The van der Waals surface area contributed by atoms with Gasteiger partial charge in [0.25, 0.3) is 0 Å². The number of pyridine rings is 1. The quantitative estimate of drug-likeness (QED) is 0.504. The van der Waals surface area contributed by atoms with Crippen LogP contribution in [0.3, 0.4) is 0 Å². The second-order valence-corrected chi connectivity index (χ2v) is 6.48. The zero-order valence-electron chi connectivity index (χ0n) is 15.5. The SMILES string of the molecule is CCOc1ccc2c(Cc3cccc(C(=O)O)n3)c(-c3ccccc3)[nH]c2c1. The van der Waals surface area contributed by atoms with Crippen LogP contribution in [0.15, 0.2) is 66.7 Å². The van der Waals surface area contributed by atoms with Gasteiger partial charge in [-0.1, -0.05) is 36.4 Å². The van der Waals surface area contributed by atoms with E-state index in [1.165, 1.54) is 6.07 Å². The van der Waals surface area contributed by atoms with Crippen molar-refractivity contribution in [1.29, 1.82) is 0 Å². The summed E-state index contributed by atoms with van der Waals surface area (Å²) in [7, 11) is 0. The Morgan fingerprint density at radius 1 is 1.07 bits per heavy atom. The Bertz CT molecular complexity index is 1130. The van der Waals surface area contributed by atoms with Crippen molar-refractivity contribution in [3.63, 3.8) is 0 Å². The fraction of sp³-hybridized carbons (Fsp3) is 0.130. The first-order chi connectivity index (χ1) is 13.7. The van der Waals surface area contributed by atoms with E-state index in [-0.39, 0.29) is 5.69 Å². The number of aromatic nitrogens is 2. The Kier molecular flexibility index (Phi) is 4.81. The molecule has 0 unspecified atom stereocenters. The molecular weight excluding hydrogens is 352 g/mol. The van der Waals surface area contributed by atoms with Crippen LogP contribution in [0.4, 0.5) is 0 Å². The molecule has 2 aromatic carbocycles. The summed E-state index contributed by atoms with van der Waals surface area (Å²) in [6.07, 6.45) is 0.527. The van der Waals surface area contributed by atoms with Crippen LogP contribution in [-0.2, 0) is 6.42 Å². The van der Waals surface area contributed by atoms with Crippen molar-refractivity contribution in [2.24, 2.45) is 0 Å². The number of ether oxygens (including phenoxy) is 1. The molecular formula is C23H20N2O3. The minimum Gasteiger partial charge on any atom is -0.494 e. The minimum absolute atomic E-state index is 0.0530. The maximum atomic E-state index is 11.3. The van der Waals surface area contributed by atoms with E-state index in [2.05, 4.69) is 22.1 Å². The number of carboxylic acids is 1. The number of hydrogen-bond acceptors (Lipinski definition) is 3. The maximum absolute atomic E-state index is 11.3. The normalized spacial score (nSPS) is 10.9. The molecule has 4 aromatic rings. The summed E-state index contributed by atoms with van der Waals surface area (Å²) in [4.78, 5) is 19.1. The fourth-order valence-corrected chi connectivity index (χ4v) is 3.40. The molecule has 5 heteroatoms. The molecule has 2 N–H and O–H groups in total. The van der Waals surface area contributed by atoms with E-state index in [1.54, 1.807) is 6.07 Å². The average Bonchev–Trinajstić information content (AvgIpc) is 3.07. The predicted molar refractivity (Wildman–Crippen MR) is 109 cm³/mol. The van der Waals surface area contributed by atoms with Gasteiger partial charge >= 0.3 is 5.97 Å². The van der Waals surface area contributed by atoms with Crippen molar-refractivity contribution in [2.45, 2.75) is 13.3 Å². The molecule has 0 radical (unpaired) electrons. The van der Waals surface area contributed by atoms with E-state index in [0.717, 1.165) is 33.5 Å². The summed E-state index contributed by atoms with van der Waals surface area (Å²) in [5.41, 5.74) is 4.91. The van der Waals surface area contributed by atoms with Crippen LogP contribution < -0.4 is 4.74 Å². The van der Waals surface area contributed by atoms with Gasteiger partial charge in [0.2, 0.25) is 0 Å². The smallest absolute Gasteiger partial charge is 0.354 e. The summed E-state index contributed by atoms with van der Waals surface area (Å²) in [5, 5.41) is 10.3. The van der Waals surface area contributed by atoms with Crippen LogP contribution >= 0.6 is 0 Å². The third kappa shape index (κ3) is 3.47. The van der Waals surface area contributed by atoms with E-state index < -0.39 is 5.97 Å². The molecule has 28 heavy (non-hydrogen) atoms. The molecule has 0 fully saturated rings. The number of hydrogen-bond donors (Lipinski definition) is 2. The predicted octanol–water partition coefficient (Wildman–Crippen LogP) is 4.92. The van der Waals surface area contributed by atoms with E-state index in [0.29, 0.717) is 18.7 Å². The van der Waals surface area contributed by atoms with E-state index in [1.807, 2.05) is 49.4 Å². The molecule has 0 amide bonds. The zero-order chi connectivity index (χ0) is 19.5. The van der Waals surface area contributed by atoms with Crippen molar-refractivity contribution in [1.82, 2.24) is 9.97 Å². The van der Waals surface area contributed by atoms with Crippen molar-refractivity contribution in [3.8, 4) is 17.0 Å². The number of benzene rings is 2. The van der Waals surface area contributed by atoms with Gasteiger partial charge in [0.15, 0.2) is 0 Å². The maximum Gasteiger partial charge on any atom is 0.354 e. The van der Waals surface area contributed by atoms with Crippen molar-refractivity contribution < 1.29 is 14.6 Å². The number of carboxylic acid groups (broad SMARTS) is 1. The molecule has 0 aliphatic heterocycles. The largest absolute Gasteiger partial charge is 0.494 e. The molecule has 0 aliphatic rings. The highest BCUT2D eigenvalue weighted by molar-refractivity contribution is 5.92. The third-order valence-corrected chi connectivity index (χ3v) is 4.63. The number of fused-ring (bicyclic) bond motifs is 1. The summed E-state index contributed by atoms with van der Waals surface area (Å²) < 4.78 is 5.63. The first-order valence-electron chi connectivity index (χ1n) is 9.17. The van der Waals surface area contributed by atoms with Crippen molar-refractivity contribution in [3.05, 3.63) is 83.7 Å². The van der Waals surface area contributed by atoms with Gasteiger partial charge in [-0.2, -0.15) is 0 Å². The first-order valence-corrected chi connectivity index (χ1v) is 9.17. The van der Waals surface area contributed by atoms with Crippen LogP contribution in [0.2, 0.25) is 0 Å². The molecule has 0 spiro atoms. The Balaban J connectivity index is 1.85. The van der Waals surface area contributed by atoms with Gasteiger partial charge < -0.3 is 14.8 Å². The highest BCUT2D eigenvalue weighted by atomic mass is 16.5. The second kappa shape index (κ2) is 7.56. The van der Waals surface area contributed by atoms with E-state index in [4.69, 9.17) is 4.74 Å². The van der Waals surface area contributed by atoms with Crippen LogP contribution in [0.5, 0.6) is 5.75 Å². The lowest BCUT2D eigenvalue weighted by Crippen LogP contribution is -2.03. The Hall–Kier alpha value is -3.60. The molecule has 2 heterocycles. The van der Waals surface area contributed by atoms with Crippen molar-refractivity contribution >= 4 is 16.9 Å². The number of aromatic amines is 1. The first kappa shape index (κ1) is 17.8. The number of rotatable bonds is 6. The summed E-state index contributed by atoms with van der Waals surface area (Å²) in [6, 6.07) is 21.2. The average molecular weight is 372 g/mol. The number of nitrogens with one attached hydrogen (secondary N) is 1. The van der Waals surface area contributed by atoms with Crippen LogP contribution in [-0.4, -0.2) is 27.7 Å². The number of H-pyrrole nitrogens is 1. The lowest BCUT2D eigenvalue weighted by molar-refractivity contribution is 0.0690. The van der Waals surface area contributed by atoms with Gasteiger partial charge in [-0.05, 0) is 42.3 Å². The van der Waals surface area contributed by atoms with Gasteiger partial charge in [-0.3, -0.25) is 0 Å². The standard InChI is InChI=1S/C23H20N2O3/c1-2-28-17-11-12-18-19(13-16-9-6-10-20(24-16)23(26)27)22(25-21(18)14-17)15-7-4-3-5-8-15/h3-12,14,25H,2,13H2,1H3,(H,26,27). The van der Waals surface area contributed by atoms with E-state index >= 15 is 0 Å². The number of aromatic carboxylic acids is 1. The molecule has 0 bridgehead atoms. The van der Waals surface area contributed by atoms with Crippen molar-refractivity contribution in [2.75, 3.05) is 6.61 Å². The molecule has 0 aliphatic carbocycles. The minimum atomic E-state index is -1.02. The van der Waals surface area contributed by atoms with Crippen LogP contribution in [0.25, 0.3) is 22.2 Å². The molecule has 0 saturated carbocycles. The monoisotopic (exact) mass is 372 g/mol. The molecule has 4 rings (SSSR count). The molecule has 0 atom stereocenters. The summed E-state index contributed by atoms with van der Waals surface area (Å²) in [5.74, 6) is -0.209. The third-order valence-electron chi connectivity index (χ3n) is 4.63. The lowest BCUT2D eigenvalue weighted by Gasteiger charge is -2.06. The molecule has 5 nitrogen and oxygen atoms in total. The van der Waals surface area contributed by atoms with Gasteiger partial charge in [0.05, 0.1) is 12.3 Å². The molecule has 2 aromatic heterocycles. The molecule has 0 saturated heterocycles. The van der Waals surface area contributed by atoms with Crippen LogP contribution in [0.1, 0.15) is 28.7 Å². The van der Waals surface area contributed by atoms with Gasteiger partial charge in [0.1, 0.15) is 11.4 Å². The summed E-state index contributed by atoms with van der Waals surface area (Å²) >= 11 is 0. The fourth-order valence-electron chi connectivity index (χ4n) is 3.40. The van der Waals surface area contributed by atoms with Gasteiger partial charge in [-0.15, -0.1) is 0 Å². The lowest BCUT2D eigenvalue weighted by atomic mass is 10.0. The highest BCUT2D eigenvalue weighted by Gasteiger charge is 2.16. The topological polar surface area (TPSA) is 75.2 Å². The summed E-state index contributed by atoms with van der Waals surface area (Å²) in [6.45, 7) is 2.57. The van der Waals surface area contributed by atoms with Crippen LogP contribution in [0, 0.1) is 0 Å². The highest BCUT2D eigenvalue weighted by Crippen LogP contribution is 2.33.